The first-order valence-corrected chi connectivity index (χ1v) is 10.8. The van der Waals surface area contributed by atoms with E-state index in [2.05, 4.69) is 25.8 Å². The number of aryl methyl sites for hydroxylation is 2. The van der Waals surface area contributed by atoms with Crippen LogP contribution in [0.25, 0.3) is 16.9 Å². The maximum Gasteiger partial charge on any atom is 0.234 e. The number of oxazole rings is 1. The molecule has 0 unspecified atom stereocenters. The molecule has 0 fully saturated rings. The van der Waals surface area contributed by atoms with E-state index in [0.717, 1.165) is 11.1 Å². The lowest BCUT2D eigenvalue weighted by Gasteiger charge is -2.09. The molecule has 31 heavy (non-hydrogen) atoms. The zero-order chi connectivity index (χ0) is 22.0. The molecule has 11 heteroatoms. The zero-order valence-electron chi connectivity index (χ0n) is 16.5. The van der Waals surface area contributed by atoms with Crippen LogP contribution in [0, 0.1) is 13.8 Å². The quantitative estimate of drug-likeness (QED) is 0.393. The average Bonchev–Trinajstić information content (AvgIpc) is 3.37. The molecule has 0 bridgehead atoms. The minimum Gasteiger partial charge on any atom is -0.449 e. The number of aromatic nitrogens is 5. The SMILES string of the molecule is Cc1ccc(-n2nnnc2SCC(=O)Nc2ccc(-c3coc(C)n3)cc2Cl)c(Cl)c1. The lowest BCUT2D eigenvalue weighted by atomic mass is 10.1. The summed E-state index contributed by atoms with van der Waals surface area (Å²) in [5, 5.41) is 15.8. The molecule has 0 atom stereocenters. The van der Waals surface area contributed by atoms with Crippen LogP contribution in [0.2, 0.25) is 10.0 Å². The third kappa shape index (κ3) is 4.90. The number of nitrogens with one attached hydrogen (secondary N) is 1. The fourth-order valence-electron chi connectivity index (χ4n) is 2.79. The molecule has 0 spiro atoms. The first kappa shape index (κ1) is 21.4. The molecule has 4 rings (SSSR count). The van der Waals surface area contributed by atoms with Crippen molar-refractivity contribution in [3.8, 4) is 16.9 Å². The summed E-state index contributed by atoms with van der Waals surface area (Å²) < 4.78 is 6.72. The van der Waals surface area contributed by atoms with Gasteiger partial charge in [0.05, 0.1) is 27.2 Å². The maximum atomic E-state index is 12.5. The molecule has 0 radical (unpaired) electrons. The Bertz CT molecular complexity index is 1260. The van der Waals surface area contributed by atoms with Gasteiger partial charge in [0.25, 0.3) is 0 Å². The molecule has 1 N–H and O–H groups in total. The summed E-state index contributed by atoms with van der Waals surface area (Å²) in [6.45, 7) is 3.71. The van der Waals surface area contributed by atoms with Gasteiger partial charge in [-0.25, -0.2) is 4.98 Å². The van der Waals surface area contributed by atoms with Gasteiger partial charge < -0.3 is 9.73 Å². The van der Waals surface area contributed by atoms with Crippen LogP contribution in [0.1, 0.15) is 11.5 Å². The number of benzene rings is 2. The van der Waals surface area contributed by atoms with Gasteiger partial charge >= 0.3 is 0 Å². The molecule has 4 aromatic rings. The van der Waals surface area contributed by atoms with Crippen LogP contribution in [-0.4, -0.2) is 36.9 Å². The van der Waals surface area contributed by atoms with E-state index in [0.29, 0.717) is 38.2 Å². The number of amides is 1. The van der Waals surface area contributed by atoms with Crippen molar-refractivity contribution in [2.24, 2.45) is 0 Å². The summed E-state index contributed by atoms with van der Waals surface area (Å²) in [4.78, 5) is 16.7. The Morgan fingerprint density at radius 2 is 2.00 bits per heavy atom. The van der Waals surface area contributed by atoms with Gasteiger partial charge in [0.1, 0.15) is 12.0 Å². The number of carbonyl (C=O) groups excluding carboxylic acids is 1. The van der Waals surface area contributed by atoms with Gasteiger partial charge in [0.2, 0.25) is 11.1 Å². The minimum atomic E-state index is -0.249. The number of anilines is 1. The normalized spacial score (nSPS) is 11.0. The number of nitrogens with zero attached hydrogens (tertiary/aromatic N) is 5. The number of hydrogen-bond donors (Lipinski definition) is 1. The second-order valence-electron chi connectivity index (χ2n) is 6.61. The highest BCUT2D eigenvalue weighted by Crippen LogP contribution is 2.29. The van der Waals surface area contributed by atoms with E-state index in [1.54, 1.807) is 25.3 Å². The zero-order valence-corrected chi connectivity index (χ0v) is 18.8. The summed E-state index contributed by atoms with van der Waals surface area (Å²) in [6.07, 6.45) is 1.56. The highest BCUT2D eigenvalue weighted by Gasteiger charge is 2.15. The van der Waals surface area contributed by atoms with Crippen molar-refractivity contribution in [3.63, 3.8) is 0 Å². The summed E-state index contributed by atoms with van der Waals surface area (Å²) >= 11 is 13.8. The van der Waals surface area contributed by atoms with Crippen LogP contribution in [0.4, 0.5) is 5.69 Å². The number of thioether (sulfide) groups is 1. The van der Waals surface area contributed by atoms with E-state index in [4.69, 9.17) is 27.6 Å². The molecule has 0 aliphatic carbocycles. The van der Waals surface area contributed by atoms with Crippen molar-refractivity contribution in [2.75, 3.05) is 11.1 Å². The molecule has 0 aliphatic heterocycles. The highest BCUT2D eigenvalue weighted by atomic mass is 35.5. The van der Waals surface area contributed by atoms with Gasteiger partial charge in [-0.3, -0.25) is 4.79 Å². The number of halogens is 2. The fourth-order valence-corrected chi connectivity index (χ4v) is 4.02. The van der Waals surface area contributed by atoms with E-state index >= 15 is 0 Å². The molecule has 8 nitrogen and oxygen atoms in total. The van der Waals surface area contributed by atoms with Crippen molar-refractivity contribution in [1.82, 2.24) is 25.2 Å². The van der Waals surface area contributed by atoms with Gasteiger partial charge in [-0.1, -0.05) is 47.1 Å². The van der Waals surface area contributed by atoms with E-state index in [1.807, 2.05) is 31.2 Å². The Hall–Kier alpha value is -2.88. The summed E-state index contributed by atoms with van der Waals surface area (Å²) in [5.74, 6) is 0.404. The Kier molecular flexibility index (Phi) is 6.26. The fraction of sp³-hybridized carbons (Fsp3) is 0.150. The van der Waals surface area contributed by atoms with Crippen LogP contribution in [0.5, 0.6) is 0 Å². The third-order valence-electron chi connectivity index (χ3n) is 4.26. The summed E-state index contributed by atoms with van der Waals surface area (Å²) in [5.41, 5.74) is 3.63. The standard InChI is InChI=1S/C20H16Cl2N6O2S/c1-11-3-6-18(15(22)7-11)28-20(25-26-27-28)31-10-19(29)24-16-5-4-13(8-14(16)21)17-9-30-12(2)23-17/h3-9H,10H2,1-2H3,(H,24,29). The molecular formula is C20H16Cl2N6O2S. The van der Waals surface area contributed by atoms with E-state index in [9.17, 15) is 4.79 Å². The smallest absolute Gasteiger partial charge is 0.234 e. The van der Waals surface area contributed by atoms with Crippen molar-refractivity contribution in [3.05, 3.63) is 64.2 Å². The summed E-state index contributed by atoms with van der Waals surface area (Å²) in [6, 6.07) is 10.8. The Morgan fingerprint density at radius 3 is 2.71 bits per heavy atom. The average molecular weight is 475 g/mol. The second-order valence-corrected chi connectivity index (χ2v) is 8.37. The molecule has 2 aromatic heterocycles. The van der Waals surface area contributed by atoms with Crippen molar-refractivity contribution < 1.29 is 9.21 Å². The van der Waals surface area contributed by atoms with Crippen LogP contribution in [0.3, 0.4) is 0 Å². The lowest BCUT2D eigenvalue weighted by Crippen LogP contribution is -2.15. The van der Waals surface area contributed by atoms with E-state index in [1.165, 1.54) is 16.4 Å². The first-order chi connectivity index (χ1) is 14.9. The molecule has 2 aromatic carbocycles. The number of tetrazole rings is 1. The monoisotopic (exact) mass is 474 g/mol. The Morgan fingerprint density at radius 1 is 1.16 bits per heavy atom. The Labute approximate surface area is 192 Å². The van der Waals surface area contributed by atoms with Crippen LogP contribution in [-0.2, 0) is 4.79 Å². The van der Waals surface area contributed by atoms with Crippen LogP contribution < -0.4 is 5.32 Å². The molecule has 0 aliphatic rings. The van der Waals surface area contributed by atoms with Crippen molar-refractivity contribution in [2.45, 2.75) is 19.0 Å². The van der Waals surface area contributed by atoms with Crippen LogP contribution in [0.15, 0.2) is 52.2 Å². The highest BCUT2D eigenvalue weighted by molar-refractivity contribution is 7.99. The Balaban J connectivity index is 1.42. The molecule has 2 heterocycles. The van der Waals surface area contributed by atoms with Gasteiger partial charge in [-0.2, -0.15) is 4.68 Å². The minimum absolute atomic E-state index is 0.0877. The molecule has 158 valence electrons. The first-order valence-electron chi connectivity index (χ1n) is 9.10. The largest absolute Gasteiger partial charge is 0.449 e. The predicted molar refractivity (Wildman–Crippen MR) is 120 cm³/mol. The van der Waals surface area contributed by atoms with E-state index in [-0.39, 0.29) is 11.7 Å². The maximum absolute atomic E-state index is 12.5. The molecule has 0 saturated carbocycles. The number of rotatable bonds is 6. The van der Waals surface area contributed by atoms with E-state index < -0.39 is 0 Å². The number of carbonyl (C=O) groups is 1. The number of hydrogen-bond acceptors (Lipinski definition) is 7. The molecule has 0 saturated heterocycles. The third-order valence-corrected chi connectivity index (χ3v) is 5.80. The van der Waals surface area contributed by atoms with Crippen LogP contribution >= 0.6 is 35.0 Å². The summed E-state index contributed by atoms with van der Waals surface area (Å²) in [7, 11) is 0. The van der Waals surface area contributed by atoms with Gasteiger partial charge in [0.15, 0.2) is 5.89 Å². The van der Waals surface area contributed by atoms with Crippen molar-refractivity contribution >= 4 is 46.6 Å². The van der Waals surface area contributed by atoms with Gasteiger partial charge in [-0.05, 0) is 47.2 Å². The topological polar surface area (TPSA) is 98.7 Å². The second kappa shape index (κ2) is 9.09. The van der Waals surface area contributed by atoms with Crippen molar-refractivity contribution in [1.29, 1.82) is 0 Å². The molecule has 1 amide bonds. The van der Waals surface area contributed by atoms with Gasteiger partial charge in [-0.15, -0.1) is 5.10 Å². The predicted octanol–water partition coefficient (Wildman–Crippen LogP) is 4.97. The lowest BCUT2D eigenvalue weighted by molar-refractivity contribution is -0.113. The molecular weight excluding hydrogens is 459 g/mol. The van der Waals surface area contributed by atoms with Gasteiger partial charge in [0, 0.05) is 12.5 Å².